The highest BCUT2D eigenvalue weighted by Crippen LogP contribution is 2.44. The maximum Gasteiger partial charge on any atom is 0.220 e. The summed E-state index contributed by atoms with van der Waals surface area (Å²) < 4.78 is 7.81. The summed E-state index contributed by atoms with van der Waals surface area (Å²) in [4.78, 5) is 11.9. The van der Waals surface area contributed by atoms with Gasteiger partial charge in [0.1, 0.15) is 5.82 Å². The van der Waals surface area contributed by atoms with Crippen molar-refractivity contribution in [2.24, 2.45) is 7.05 Å². The lowest BCUT2D eigenvalue weighted by Crippen LogP contribution is -2.33. The van der Waals surface area contributed by atoms with Crippen molar-refractivity contribution in [3.63, 3.8) is 0 Å². The number of hydrogen-bond donors (Lipinski definition) is 1. The standard InChI is InChI=1S/C24H31N7O/c1-15-18-4-3-11-32-24(18)27-22(26-15)14-31-9-7-16(8-10-31)20-12-21(29-28-20)19-13-25-30(2)23(19)17-5-6-17/h12-13,16-17H,3-11,14H2,1-2H3,(H,28,29). The first-order valence-corrected chi connectivity index (χ1v) is 11.9. The zero-order valence-electron chi connectivity index (χ0n) is 19.0. The predicted octanol–water partition coefficient (Wildman–Crippen LogP) is 3.49. The molecular weight excluding hydrogens is 402 g/mol. The molecule has 6 rings (SSSR count). The zero-order valence-corrected chi connectivity index (χ0v) is 19.0. The molecule has 0 atom stereocenters. The highest BCUT2D eigenvalue weighted by atomic mass is 16.5. The van der Waals surface area contributed by atoms with Crippen molar-refractivity contribution in [3.8, 4) is 17.1 Å². The van der Waals surface area contributed by atoms with Crippen molar-refractivity contribution in [1.82, 2.24) is 34.8 Å². The van der Waals surface area contributed by atoms with Crippen LogP contribution in [0.5, 0.6) is 5.88 Å². The number of nitrogens with one attached hydrogen (secondary N) is 1. The third-order valence-electron chi connectivity index (χ3n) is 7.25. The van der Waals surface area contributed by atoms with Crippen LogP contribution in [-0.2, 0) is 20.0 Å². The van der Waals surface area contributed by atoms with E-state index in [0.717, 1.165) is 75.0 Å². The molecule has 0 unspecified atom stereocenters. The van der Waals surface area contributed by atoms with E-state index in [4.69, 9.17) is 14.7 Å². The molecule has 0 radical (unpaired) electrons. The normalized spacial score (nSPS) is 19.7. The molecule has 2 fully saturated rings. The van der Waals surface area contributed by atoms with Crippen molar-refractivity contribution in [3.05, 3.63) is 40.7 Å². The Bertz CT molecular complexity index is 1120. The molecule has 0 spiro atoms. The predicted molar refractivity (Wildman–Crippen MR) is 121 cm³/mol. The van der Waals surface area contributed by atoms with Gasteiger partial charge in [-0.25, -0.2) is 4.98 Å². The summed E-state index contributed by atoms with van der Waals surface area (Å²) in [5, 5.41) is 12.5. The number of hydrogen-bond acceptors (Lipinski definition) is 6. The number of aromatic nitrogens is 6. The summed E-state index contributed by atoms with van der Waals surface area (Å²) in [6, 6.07) is 2.25. The van der Waals surface area contributed by atoms with Gasteiger partial charge in [0.15, 0.2) is 0 Å². The minimum absolute atomic E-state index is 0.517. The molecular formula is C24H31N7O. The Hall–Kier alpha value is -2.74. The molecule has 5 heterocycles. The fraction of sp³-hybridized carbons (Fsp3) is 0.583. The van der Waals surface area contributed by atoms with Crippen LogP contribution in [0.15, 0.2) is 12.3 Å². The molecule has 0 bridgehead atoms. The molecule has 168 valence electrons. The monoisotopic (exact) mass is 433 g/mol. The SMILES string of the molecule is Cc1nc(CN2CCC(c3cc(-c4cnn(C)c4C4CC4)n[nH]3)CC2)nc2c1CCCO2. The number of aryl methyl sites for hydroxylation is 2. The average molecular weight is 434 g/mol. The van der Waals surface area contributed by atoms with E-state index in [1.165, 1.54) is 35.4 Å². The van der Waals surface area contributed by atoms with E-state index >= 15 is 0 Å². The Labute approximate surface area is 188 Å². The first-order valence-electron chi connectivity index (χ1n) is 11.9. The van der Waals surface area contributed by atoms with E-state index in [9.17, 15) is 0 Å². The molecule has 3 aromatic heterocycles. The summed E-state index contributed by atoms with van der Waals surface area (Å²) in [6.07, 6.45) is 8.82. The van der Waals surface area contributed by atoms with E-state index in [-0.39, 0.29) is 0 Å². The van der Waals surface area contributed by atoms with Gasteiger partial charge in [-0.2, -0.15) is 15.2 Å². The van der Waals surface area contributed by atoms with Gasteiger partial charge in [0.25, 0.3) is 0 Å². The van der Waals surface area contributed by atoms with Crippen LogP contribution < -0.4 is 4.74 Å². The summed E-state index contributed by atoms with van der Waals surface area (Å²) in [5.41, 5.74) is 7.08. The maximum absolute atomic E-state index is 5.79. The van der Waals surface area contributed by atoms with E-state index < -0.39 is 0 Å². The highest BCUT2D eigenvalue weighted by Gasteiger charge is 2.31. The molecule has 8 heteroatoms. The van der Waals surface area contributed by atoms with Gasteiger partial charge in [0, 0.05) is 41.4 Å². The Kier molecular flexibility index (Phi) is 4.97. The number of H-pyrrole nitrogens is 1. The molecule has 2 aliphatic heterocycles. The summed E-state index contributed by atoms with van der Waals surface area (Å²) in [5.74, 6) is 2.86. The lowest BCUT2D eigenvalue weighted by molar-refractivity contribution is 0.196. The van der Waals surface area contributed by atoms with Gasteiger partial charge >= 0.3 is 0 Å². The van der Waals surface area contributed by atoms with Crippen LogP contribution in [0.3, 0.4) is 0 Å². The van der Waals surface area contributed by atoms with Crippen molar-refractivity contribution < 1.29 is 4.74 Å². The molecule has 3 aromatic rings. The minimum atomic E-state index is 0.517. The average Bonchev–Trinajstić information content (AvgIpc) is 3.38. The maximum atomic E-state index is 5.79. The van der Waals surface area contributed by atoms with Gasteiger partial charge in [0.05, 0.1) is 30.7 Å². The molecule has 0 amide bonds. The first-order chi connectivity index (χ1) is 15.7. The van der Waals surface area contributed by atoms with Crippen molar-refractivity contribution in [1.29, 1.82) is 0 Å². The number of piperidine rings is 1. The van der Waals surface area contributed by atoms with Crippen molar-refractivity contribution in [2.75, 3.05) is 19.7 Å². The van der Waals surface area contributed by atoms with E-state index in [1.54, 1.807) is 0 Å². The van der Waals surface area contributed by atoms with Gasteiger partial charge in [-0.15, -0.1) is 0 Å². The van der Waals surface area contributed by atoms with Crippen LogP contribution >= 0.6 is 0 Å². The molecule has 1 aliphatic carbocycles. The summed E-state index contributed by atoms with van der Waals surface area (Å²) >= 11 is 0. The third kappa shape index (κ3) is 3.70. The first kappa shape index (κ1) is 19.9. The van der Waals surface area contributed by atoms with E-state index in [1.807, 2.05) is 17.9 Å². The molecule has 32 heavy (non-hydrogen) atoms. The summed E-state index contributed by atoms with van der Waals surface area (Å²) in [6.45, 7) is 5.72. The van der Waals surface area contributed by atoms with Crippen LogP contribution in [0.4, 0.5) is 0 Å². The second-order valence-electron chi connectivity index (χ2n) is 9.56. The van der Waals surface area contributed by atoms with Gasteiger partial charge in [-0.3, -0.25) is 14.7 Å². The molecule has 0 aromatic carbocycles. The quantitative estimate of drug-likeness (QED) is 0.663. The molecule has 1 saturated carbocycles. The smallest absolute Gasteiger partial charge is 0.220 e. The number of likely N-dealkylation sites (tertiary alicyclic amines) is 1. The lowest BCUT2D eigenvalue weighted by atomic mass is 9.93. The summed E-state index contributed by atoms with van der Waals surface area (Å²) in [7, 11) is 2.04. The number of ether oxygens (including phenoxy) is 1. The van der Waals surface area contributed by atoms with Gasteiger partial charge in [-0.05, 0) is 64.6 Å². The van der Waals surface area contributed by atoms with Crippen LogP contribution in [0.2, 0.25) is 0 Å². The topological polar surface area (TPSA) is 84.8 Å². The van der Waals surface area contributed by atoms with Crippen LogP contribution in [-0.4, -0.2) is 54.5 Å². The number of nitrogens with zero attached hydrogens (tertiary/aromatic N) is 6. The number of fused-ring (bicyclic) bond motifs is 1. The Morgan fingerprint density at radius 1 is 1.12 bits per heavy atom. The van der Waals surface area contributed by atoms with Crippen LogP contribution in [0, 0.1) is 6.92 Å². The fourth-order valence-electron chi connectivity index (χ4n) is 5.29. The highest BCUT2D eigenvalue weighted by molar-refractivity contribution is 5.63. The van der Waals surface area contributed by atoms with E-state index in [0.29, 0.717) is 11.8 Å². The Balaban J connectivity index is 1.11. The van der Waals surface area contributed by atoms with Crippen molar-refractivity contribution >= 4 is 0 Å². The lowest BCUT2D eigenvalue weighted by Gasteiger charge is -2.31. The molecule has 8 nitrogen and oxygen atoms in total. The second-order valence-corrected chi connectivity index (χ2v) is 9.56. The van der Waals surface area contributed by atoms with Crippen molar-refractivity contribution in [2.45, 2.75) is 63.8 Å². The van der Waals surface area contributed by atoms with Crippen LogP contribution in [0.25, 0.3) is 11.3 Å². The van der Waals surface area contributed by atoms with Gasteiger partial charge in [-0.1, -0.05) is 0 Å². The fourth-order valence-corrected chi connectivity index (χ4v) is 5.29. The number of rotatable bonds is 5. The number of aromatic amines is 1. The third-order valence-corrected chi connectivity index (χ3v) is 7.25. The minimum Gasteiger partial charge on any atom is -0.477 e. The van der Waals surface area contributed by atoms with E-state index in [2.05, 4.69) is 33.2 Å². The Morgan fingerprint density at radius 3 is 2.78 bits per heavy atom. The van der Waals surface area contributed by atoms with Crippen LogP contribution in [0.1, 0.15) is 72.4 Å². The van der Waals surface area contributed by atoms with Gasteiger partial charge < -0.3 is 4.74 Å². The zero-order chi connectivity index (χ0) is 21.7. The molecule has 3 aliphatic rings. The molecule has 1 N–H and O–H groups in total. The molecule has 1 saturated heterocycles. The van der Waals surface area contributed by atoms with Gasteiger partial charge in [0.2, 0.25) is 5.88 Å². The largest absolute Gasteiger partial charge is 0.477 e. The second kappa shape index (κ2) is 7.99. The Morgan fingerprint density at radius 2 is 1.97 bits per heavy atom.